The van der Waals surface area contributed by atoms with Gasteiger partial charge in [0.2, 0.25) is 5.91 Å². The van der Waals surface area contributed by atoms with Gasteiger partial charge in [-0.15, -0.1) is 0 Å². The highest BCUT2D eigenvalue weighted by Gasteiger charge is 2.16. The Morgan fingerprint density at radius 3 is 2.77 bits per heavy atom. The predicted octanol–water partition coefficient (Wildman–Crippen LogP) is 1.19. The molecular weight excluding hydrogens is 283 g/mol. The Kier molecular flexibility index (Phi) is 6.18. The molecule has 1 aliphatic rings. The second-order valence-corrected chi connectivity index (χ2v) is 5.61. The molecule has 22 heavy (non-hydrogen) atoms. The number of aliphatic imine (C=N–C) groups is 1. The summed E-state index contributed by atoms with van der Waals surface area (Å²) in [6.45, 7) is 1.76. The number of carbonyl (C=O) groups is 1. The average molecular weight is 306 g/mol. The van der Waals surface area contributed by atoms with Crippen LogP contribution in [-0.2, 0) is 11.2 Å². The van der Waals surface area contributed by atoms with Gasteiger partial charge in [0.25, 0.3) is 0 Å². The van der Waals surface area contributed by atoms with Crippen molar-refractivity contribution in [3.8, 4) is 0 Å². The van der Waals surface area contributed by atoms with Crippen molar-refractivity contribution >= 4 is 11.9 Å². The van der Waals surface area contributed by atoms with Crippen molar-refractivity contribution in [3.63, 3.8) is 0 Å². The van der Waals surface area contributed by atoms with Gasteiger partial charge in [-0.2, -0.15) is 0 Å². The van der Waals surface area contributed by atoms with Crippen LogP contribution < -0.4 is 16.4 Å². The molecule has 0 aliphatic heterocycles. The molecule has 2 rings (SSSR count). The van der Waals surface area contributed by atoms with E-state index in [4.69, 9.17) is 5.73 Å². The van der Waals surface area contributed by atoms with Crippen LogP contribution in [0.15, 0.2) is 29.3 Å². The highest BCUT2D eigenvalue weighted by molar-refractivity contribution is 5.79. The van der Waals surface area contributed by atoms with Crippen molar-refractivity contribution in [3.05, 3.63) is 35.6 Å². The summed E-state index contributed by atoms with van der Waals surface area (Å²) in [5, 5.41) is 5.73. The molecule has 0 atom stereocenters. The lowest BCUT2D eigenvalue weighted by atomic mass is 9.86. The van der Waals surface area contributed by atoms with Crippen molar-refractivity contribution in [1.82, 2.24) is 10.6 Å². The predicted molar refractivity (Wildman–Crippen MR) is 84.9 cm³/mol. The smallest absolute Gasteiger partial charge is 0.224 e. The Hall–Kier alpha value is -2.11. The Labute approximate surface area is 130 Å². The van der Waals surface area contributed by atoms with E-state index in [1.165, 1.54) is 31.4 Å². The van der Waals surface area contributed by atoms with Gasteiger partial charge in [0.1, 0.15) is 5.82 Å². The third kappa shape index (κ3) is 5.71. The molecule has 120 valence electrons. The van der Waals surface area contributed by atoms with Crippen molar-refractivity contribution in [1.29, 1.82) is 0 Å². The van der Waals surface area contributed by atoms with Gasteiger partial charge >= 0.3 is 0 Å². The molecule has 1 amide bonds. The molecule has 1 fully saturated rings. The summed E-state index contributed by atoms with van der Waals surface area (Å²) in [7, 11) is 0. The summed E-state index contributed by atoms with van der Waals surface area (Å²) >= 11 is 0. The van der Waals surface area contributed by atoms with Gasteiger partial charge in [-0.1, -0.05) is 18.6 Å². The van der Waals surface area contributed by atoms with Gasteiger partial charge in [-0.3, -0.25) is 9.79 Å². The Balaban J connectivity index is 1.58. The number of benzene rings is 1. The Morgan fingerprint density at radius 1 is 1.32 bits per heavy atom. The van der Waals surface area contributed by atoms with Crippen molar-refractivity contribution in [2.45, 2.75) is 25.7 Å². The van der Waals surface area contributed by atoms with Crippen LogP contribution in [0, 0.1) is 11.7 Å². The molecule has 1 aliphatic carbocycles. The lowest BCUT2D eigenvalue weighted by molar-refractivity contribution is -0.120. The first-order valence-electron chi connectivity index (χ1n) is 7.68. The molecule has 1 aromatic carbocycles. The molecule has 0 spiro atoms. The maximum Gasteiger partial charge on any atom is 0.224 e. The van der Waals surface area contributed by atoms with E-state index in [0.717, 1.165) is 6.54 Å². The molecule has 0 heterocycles. The monoisotopic (exact) mass is 306 g/mol. The Morgan fingerprint density at radius 2 is 2.09 bits per heavy atom. The van der Waals surface area contributed by atoms with Crippen LogP contribution in [0.5, 0.6) is 0 Å². The minimum absolute atomic E-state index is 0.141. The third-order valence-electron chi connectivity index (χ3n) is 3.75. The lowest BCUT2D eigenvalue weighted by Crippen LogP contribution is -2.39. The number of carbonyl (C=O) groups excluding carboxylic acids is 1. The van der Waals surface area contributed by atoms with Gasteiger partial charge in [-0.05, 0) is 36.5 Å². The molecule has 1 saturated carbocycles. The molecule has 0 bridgehead atoms. The van der Waals surface area contributed by atoms with Crippen LogP contribution >= 0.6 is 0 Å². The normalized spacial score (nSPS) is 15.2. The zero-order chi connectivity index (χ0) is 15.8. The number of guanidine groups is 1. The first kappa shape index (κ1) is 16.3. The maximum absolute atomic E-state index is 13.0. The summed E-state index contributed by atoms with van der Waals surface area (Å²) in [6.07, 6.45) is 3.95. The number of rotatable bonds is 7. The first-order valence-corrected chi connectivity index (χ1v) is 7.68. The number of nitrogens with one attached hydrogen (secondary N) is 2. The standard InChI is InChI=1S/C16H23FN4O/c17-14-6-2-5-13(9-14)10-15(22)19-7-8-20-16(18)21-11-12-3-1-4-12/h2,5-6,9,12H,1,3-4,7-8,10-11H2,(H,19,22)(H3,18,20,21). The van der Waals surface area contributed by atoms with Crippen LogP contribution in [0.1, 0.15) is 24.8 Å². The molecule has 1 aromatic rings. The second kappa shape index (κ2) is 8.36. The SMILES string of the molecule is NC(=NCC1CCC1)NCCNC(=O)Cc1cccc(F)c1. The zero-order valence-electron chi connectivity index (χ0n) is 12.6. The molecule has 5 nitrogen and oxygen atoms in total. The minimum Gasteiger partial charge on any atom is -0.370 e. The fourth-order valence-corrected chi connectivity index (χ4v) is 2.25. The van der Waals surface area contributed by atoms with Gasteiger partial charge in [0.15, 0.2) is 5.96 Å². The van der Waals surface area contributed by atoms with E-state index < -0.39 is 0 Å². The first-order chi connectivity index (χ1) is 10.6. The van der Waals surface area contributed by atoms with Crippen LogP contribution in [0.25, 0.3) is 0 Å². The quantitative estimate of drug-likeness (QED) is 0.402. The van der Waals surface area contributed by atoms with Crippen LogP contribution in [0.3, 0.4) is 0 Å². The number of nitrogens with zero attached hydrogens (tertiary/aromatic N) is 1. The summed E-state index contributed by atoms with van der Waals surface area (Å²) in [5.74, 6) is 0.636. The van der Waals surface area contributed by atoms with Crippen molar-refractivity contribution < 1.29 is 9.18 Å². The molecular formula is C16H23FN4O. The Bertz CT molecular complexity index is 529. The summed E-state index contributed by atoms with van der Waals surface area (Å²) < 4.78 is 13.0. The number of hydrogen-bond acceptors (Lipinski definition) is 2. The number of halogens is 1. The van der Waals surface area contributed by atoms with Crippen molar-refractivity contribution in [2.75, 3.05) is 19.6 Å². The molecule has 0 saturated heterocycles. The lowest BCUT2D eigenvalue weighted by Gasteiger charge is -2.23. The molecule has 0 aromatic heterocycles. The highest BCUT2D eigenvalue weighted by atomic mass is 19.1. The van der Waals surface area contributed by atoms with Crippen LogP contribution in [-0.4, -0.2) is 31.5 Å². The van der Waals surface area contributed by atoms with E-state index in [1.54, 1.807) is 12.1 Å². The molecule has 0 unspecified atom stereocenters. The van der Waals surface area contributed by atoms with E-state index in [0.29, 0.717) is 30.5 Å². The summed E-state index contributed by atoms with van der Waals surface area (Å²) in [6, 6.07) is 6.05. The molecule has 0 radical (unpaired) electrons. The van der Waals surface area contributed by atoms with E-state index >= 15 is 0 Å². The van der Waals surface area contributed by atoms with E-state index in [-0.39, 0.29) is 18.1 Å². The molecule has 6 heteroatoms. The summed E-state index contributed by atoms with van der Waals surface area (Å²) in [5.41, 5.74) is 6.40. The third-order valence-corrected chi connectivity index (χ3v) is 3.75. The fraction of sp³-hybridized carbons (Fsp3) is 0.500. The van der Waals surface area contributed by atoms with E-state index in [1.807, 2.05) is 0 Å². The second-order valence-electron chi connectivity index (χ2n) is 5.61. The van der Waals surface area contributed by atoms with Gasteiger partial charge < -0.3 is 16.4 Å². The van der Waals surface area contributed by atoms with Gasteiger partial charge in [-0.25, -0.2) is 4.39 Å². The zero-order valence-corrected chi connectivity index (χ0v) is 12.6. The van der Waals surface area contributed by atoms with Crippen LogP contribution in [0.4, 0.5) is 4.39 Å². The molecule has 4 N–H and O–H groups in total. The van der Waals surface area contributed by atoms with Gasteiger partial charge in [0, 0.05) is 19.6 Å². The number of amides is 1. The van der Waals surface area contributed by atoms with E-state index in [2.05, 4.69) is 15.6 Å². The topological polar surface area (TPSA) is 79.5 Å². The van der Waals surface area contributed by atoms with E-state index in [9.17, 15) is 9.18 Å². The number of nitrogens with two attached hydrogens (primary N) is 1. The summed E-state index contributed by atoms with van der Waals surface area (Å²) in [4.78, 5) is 16.0. The largest absolute Gasteiger partial charge is 0.370 e. The van der Waals surface area contributed by atoms with Crippen molar-refractivity contribution in [2.24, 2.45) is 16.6 Å². The average Bonchev–Trinajstić information content (AvgIpc) is 2.42. The van der Waals surface area contributed by atoms with Gasteiger partial charge in [0.05, 0.1) is 6.42 Å². The highest BCUT2D eigenvalue weighted by Crippen LogP contribution is 2.26. The van der Waals surface area contributed by atoms with Crippen LogP contribution in [0.2, 0.25) is 0 Å². The fourth-order valence-electron chi connectivity index (χ4n) is 2.25. The minimum atomic E-state index is -0.331. The number of hydrogen-bond donors (Lipinski definition) is 3. The maximum atomic E-state index is 13.0.